The molecule has 0 spiro atoms. The number of carbonyl (C=O) groups excluding carboxylic acids is 1. The van der Waals surface area contributed by atoms with Gasteiger partial charge in [0.15, 0.2) is 5.82 Å². The molecule has 1 atom stereocenters. The van der Waals surface area contributed by atoms with E-state index in [2.05, 4.69) is 20.5 Å². The fourth-order valence-corrected chi connectivity index (χ4v) is 2.17. The molecule has 1 amide bonds. The Balaban J connectivity index is 1.76. The number of amides is 1. The van der Waals surface area contributed by atoms with Crippen LogP contribution in [0.4, 0.5) is 4.39 Å². The number of hydrogen-bond donors (Lipinski definition) is 2. The third-order valence-electron chi connectivity index (χ3n) is 3.09. The van der Waals surface area contributed by atoms with Crippen LogP contribution in [0.15, 0.2) is 24.3 Å². The monoisotopic (exact) mass is 290 g/mol. The van der Waals surface area contributed by atoms with E-state index in [4.69, 9.17) is 0 Å². The van der Waals surface area contributed by atoms with Gasteiger partial charge < -0.3 is 5.32 Å². The smallest absolute Gasteiger partial charge is 0.220 e. The number of aromatic nitrogens is 3. The van der Waals surface area contributed by atoms with Gasteiger partial charge in [-0.15, -0.1) is 0 Å². The Kier molecular flexibility index (Phi) is 5.03. The number of aromatic amines is 1. The minimum atomic E-state index is -0.246. The van der Waals surface area contributed by atoms with Gasteiger partial charge in [0.05, 0.1) is 6.54 Å². The Bertz CT molecular complexity index is 611. The van der Waals surface area contributed by atoms with Crippen molar-refractivity contribution in [3.63, 3.8) is 0 Å². The second kappa shape index (κ2) is 6.97. The lowest BCUT2D eigenvalue weighted by molar-refractivity contribution is -0.122. The lowest BCUT2D eigenvalue weighted by Crippen LogP contribution is -2.25. The zero-order valence-electron chi connectivity index (χ0n) is 12.2. The number of hydrogen-bond acceptors (Lipinski definition) is 3. The van der Waals surface area contributed by atoms with E-state index in [-0.39, 0.29) is 17.6 Å². The van der Waals surface area contributed by atoms with Gasteiger partial charge in [0.1, 0.15) is 11.6 Å². The summed E-state index contributed by atoms with van der Waals surface area (Å²) in [5, 5.41) is 9.46. The molecule has 0 fully saturated rings. The summed E-state index contributed by atoms with van der Waals surface area (Å²) >= 11 is 0. The summed E-state index contributed by atoms with van der Waals surface area (Å²) in [6.45, 7) is 4.09. The van der Waals surface area contributed by atoms with Gasteiger partial charge in [0.25, 0.3) is 0 Å². The lowest BCUT2D eigenvalue weighted by Gasteiger charge is -2.11. The molecule has 1 heterocycles. The largest absolute Gasteiger partial charge is 0.349 e. The van der Waals surface area contributed by atoms with Crippen LogP contribution >= 0.6 is 0 Å². The van der Waals surface area contributed by atoms with Crippen molar-refractivity contribution in [3.8, 4) is 0 Å². The van der Waals surface area contributed by atoms with Crippen LogP contribution in [-0.4, -0.2) is 21.1 Å². The number of H-pyrrole nitrogens is 1. The van der Waals surface area contributed by atoms with E-state index in [0.717, 1.165) is 11.4 Å². The van der Waals surface area contributed by atoms with Crippen LogP contribution in [-0.2, 0) is 17.8 Å². The minimum absolute atomic E-state index is 0.0543. The van der Waals surface area contributed by atoms with Crippen molar-refractivity contribution in [2.75, 3.05) is 0 Å². The van der Waals surface area contributed by atoms with Crippen molar-refractivity contribution < 1.29 is 9.18 Å². The number of aryl methyl sites for hydroxylation is 1. The molecule has 0 radical (unpaired) electrons. The van der Waals surface area contributed by atoms with Gasteiger partial charge in [-0.05, 0) is 37.0 Å². The molecule has 2 aromatic rings. The Hall–Kier alpha value is -2.24. The third-order valence-corrected chi connectivity index (χ3v) is 3.09. The molecule has 2 N–H and O–H groups in total. The van der Waals surface area contributed by atoms with Crippen molar-refractivity contribution in [2.45, 2.75) is 33.2 Å². The molecule has 0 bridgehead atoms. The lowest BCUT2D eigenvalue weighted by atomic mass is 9.98. The Morgan fingerprint density at radius 3 is 2.95 bits per heavy atom. The van der Waals surface area contributed by atoms with Crippen LogP contribution < -0.4 is 5.32 Å². The summed E-state index contributed by atoms with van der Waals surface area (Å²) in [4.78, 5) is 16.0. The van der Waals surface area contributed by atoms with Gasteiger partial charge in [-0.25, -0.2) is 9.37 Å². The predicted molar refractivity (Wildman–Crippen MR) is 76.9 cm³/mol. The molecule has 1 aromatic carbocycles. The highest BCUT2D eigenvalue weighted by molar-refractivity contribution is 5.76. The Morgan fingerprint density at radius 1 is 1.48 bits per heavy atom. The quantitative estimate of drug-likeness (QED) is 0.856. The molecule has 0 aliphatic carbocycles. The summed E-state index contributed by atoms with van der Waals surface area (Å²) in [6.07, 6.45) is 1.06. The van der Waals surface area contributed by atoms with Gasteiger partial charge in [0.2, 0.25) is 5.91 Å². The van der Waals surface area contributed by atoms with Crippen molar-refractivity contribution in [3.05, 3.63) is 47.3 Å². The second-order valence-electron chi connectivity index (χ2n) is 5.26. The Labute approximate surface area is 123 Å². The van der Waals surface area contributed by atoms with E-state index in [9.17, 15) is 9.18 Å². The first-order valence-corrected chi connectivity index (χ1v) is 6.92. The highest BCUT2D eigenvalue weighted by atomic mass is 19.1. The van der Waals surface area contributed by atoms with Crippen LogP contribution in [0.25, 0.3) is 0 Å². The van der Waals surface area contributed by atoms with E-state index in [1.54, 1.807) is 13.0 Å². The van der Waals surface area contributed by atoms with E-state index in [1.165, 1.54) is 12.1 Å². The van der Waals surface area contributed by atoms with Crippen LogP contribution in [0.1, 0.15) is 30.6 Å². The highest BCUT2D eigenvalue weighted by Crippen LogP contribution is 2.13. The first-order chi connectivity index (χ1) is 10.0. The van der Waals surface area contributed by atoms with Gasteiger partial charge in [-0.1, -0.05) is 19.1 Å². The van der Waals surface area contributed by atoms with Gasteiger partial charge in [0, 0.05) is 6.42 Å². The van der Waals surface area contributed by atoms with Crippen molar-refractivity contribution in [1.82, 2.24) is 20.5 Å². The molecule has 1 aromatic heterocycles. The number of halogens is 1. The predicted octanol–water partition coefficient (Wildman–Crippen LogP) is 2.14. The van der Waals surface area contributed by atoms with Gasteiger partial charge in [-0.3, -0.25) is 9.89 Å². The fraction of sp³-hybridized carbons (Fsp3) is 0.400. The number of rotatable bonds is 6. The van der Waals surface area contributed by atoms with E-state index < -0.39 is 0 Å². The molecular weight excluding hydrogens is 271 g/mol. The van der Waals surface area contributed by atoms with Crippen molar-refractivity contribution in [1.29, 1.82) is 0 Å². The molecule has 0 saturated carbocycles. The van der Waals surface area contributed by atoms with Crippen LogP contribution in [0, 0.1) is 18.7 Å². The Morgan fingerprint density at radius 2 is 2.29 bits per heavy atom. The average molecular weight is 290 g/mol. The van der Waals surface area contributed by atoms with E-state index >= 15 is 0 Å². The normalized spacial score (nSPS) is 12.1. The molecule has 2 rings (SSSR count). The molecule has 0 unspecified atom stereocenters. The summed E-state index contributed by atoms with van der Waals surface area (Å²) in [6, 6.07) is 6.47. The summed E-state index contributed by atoms with van der Waals surface area (Å²) < 4.78 is 13.1. The number of nitrogens with zero attached hydrogens (tertiary/aromatic N) is 2. The molecule has 5 nitrogen and oxygen atoms in total. The zero-order valence-corrected chi connectivity index (χ0v) is 12.2. The van der Waals surface area contributed by atoms with E-state index in [0.29, 0.717) is 25.2 Å². The first-order valence-electron chi connectivity index (χ1n) is 6.92. The molecule has 112 valence electrons. The first kappa shape index (κ1) is 15.2. The van der Waals surface area contributed by atoms with Crippen molar-refractivity contribution in [2.24, 2.45) is 5.92 Å². The average Bonchev–Trinajstić information content (AvgIpc) is 2.82. The standard InChI is InChI=1S/C15H19FN4O/c1-10(6-12-4-3-5-13(16)8-12)7-15(21)17-9-14-18-11(2)19-20-14/h3-5,8,10H,6-7,9H2,1-2H3,(H,17,21)(H,18,19,20)/t10-/m1/s1. The van der Waals surface area contributed by atoms with Gasteiger partial charge in [-0.2, -0.15) is 5.10 Å². The highest BCUT2D eigenvalue weighted by Gasteiger charge is 2.11. The minimum Gasteiger partial charge on any atom is -0.349 e. The maximum Gasteiger partial charge on any atom is 0.220 e. The van der Waals surface area contributed by atoms with Crippen LogP contribution in [0.2, 0.25) is 0 Å². The molecule has 0 saturated heterocycles. The third kappa shape index (κ3) is 4.98. The number of carbonyl (C=O) groups is 1. The SMILES string of the molecule is Cc1nc(CNC(=O)C[C@H](C)Cc2cccc(F)c2)n[nH]1. The number of nitrogens with one attached hydrogen (secondary N) is 2. The zero-order chi connectivity index (χ0) is 15.2. The van der Waals surface area contributed by atoms with Crippen molar-refractivity contribution >= 4 is 5.91 Å². The molecule has 0 aliphatic heterocycles. The second-order valence-corrected chi connectivity index (χ2v) is 5.26. The molecular formula is C15H19FN4O. The van der Waals surface area contributed by atoms with Crippen LogP contribution in [0.3, 0.4) is 0 Å². The maximum absolute atomic E-state index is 13.1. The molecule has 21 heavy (non-hydrogen) atoms. The summed E-state index contributed by atoms with van der Waals surface area (Å²) in [7, 11) is 0. The fourth-order valence-electron chi connectivity index (χ4n) is 2.17. The van der Waals surface area contributed by atoms with Crippen LogP contribution in [0.5, 0.6) is 0 Å². The van der Waals surface area contributed by atoms with E-state index in [1.807, 2.05) is 13.0 Å². The molecule has 6 heteroatoms. The van der Waals surface area contributed by atoms with Gasteiger partial charge >= 0.3 is 0 Å². The number of benzene rings is 1. The molecule has 0 aliphatic rings. The topological polar surface area (TPSA) is 70.7 Å². The summed E-state index contributed by atoms with van der Waals surface area (Å²) in [5.41, 5.74) is 0.903. The summed E-state index contributed by atoms with van der Waals surface area (Å²) in [5.74, 6) is 1.13. The maximum atomic E-state index is 13.1.